The summed E-state index contributed by atoms with van der Waals surface area (Å²) >= 11 is 0. The molecule has 0 bridgehead atoms. The fourth-order valence-corrected chi connectivity index (χ4v) is 4.95. The van der Waals surface area contributed by atoms with Crippen molar-refractivity contribution in [3.63, 3.8) is 0 Å². The van der Waals surface area contributed by atoms with Crippen LogP contribution in [0.5, 0.6) is 5.75 Å². The van der Waals surface area contributed by atoms with Gasteiger partial charge in [0.05, 0.1) is 6.10 Å². The van der Waals surface area contributed by atoms with Gasteiger partial charge < -0.3 is 25.1 Å². The summed E-state index contributed by atoms with van der Waals surface area (Å²) in [4.78, 5) is 9.53. The molecule has 202 valence electrons. The molecule has 1 aliphatic carbocycles. The first kappa shape index (κ1) is 26.7. The summed E-state index contributed by atoms with van der Waals surface area (Å²) in [5.41, 5.74) is 10.8. The van der Waals surface area contributed by atoms with Crippen molar-refractivity contribution in [1.29, 1.82) is 0 Å². The Bertz CT molecular complexity index is 1540. The van der Waals surface area contributed by atoms with Gasteiger partial charge in [-0.3, -0.25) is 0 Å². The van der Waals surface area contributed by atoms with Crippen molar-refractivity contribution in [2.45, 2.75) is 25.0 Å². The molecule has 0 atom stereocenters. The van der Waals surface area contributed by atoms with E-state index in [0.717, 1.165) is 52.2 Å². The van der Waals surface area contributed by atoms with Crippen LogP contribution in [0, 0.1) is 0 Å². The Labute approximate surface area is 233 Å². The monoisotopic (exact) mass is 545 g/mol. The Morgan fingerprint density at radius 2 is 1.82 bits per heavy atom. The highest BCUT2D eigenvalue weighted by Gasteiger charge is 2.31. The van der Waals surface area contributed by atoms with Crippen LogP contribution in [0.25, 0.3) is 39.4 Å². The van der Waals surface area contributed by atoms with Gasteiger partial charge in [-0.25, -0.2) is 14.5 Å². The van der Waals surface area contributed by atoms with Crippen molar-refractivity contribution in [1.82, 2.24) is 24.1 Å². The maximum Gasteiger partial charge on any atom is 0.218 e. The third kappa shape index (κ3) is 5.21. The summed E-state index contributed by atoms with van der Waals surface area (Å²) < 4.78 is 15.1. The van der Waals surface area contributed by atoms with Crippen LogP contribution in [0.4, 0.5) is 5.82 Å². The number of benzene rings is 2. The van der Waals surface area contributed by atoms with E-state index in [1.54, 1.807) is 13.3 Å². The fourth-order valence-electron chi connectivity index (χ4n) is 4.95. The molecule has 3 N–H and O–H groups in total. The predicted molar refractivity (Wildman–Crippen MR) is 155 cm³/mol. The summed E-state index contributed by atoms with van der Waals surface area (Å²) in [5, 5.41) is 8.62. The molecule has 39 heavy (non-hydrogen) atoms. The second-order valence-electron chi connectivity index (χ2n) is 9.55. The van der Waals surface area contributed by atoms with Crippen molar-refractivity contribution in [3.05, 3.63) is 73.2 Å². The van der Waals surface area contributed by atoms with Gasteiger partial charge in [0, 0.05) is 56.5 Å². The molecule has 6 rings (SSSR count). The minimum atomic E-state index is 0. The van der Waals surface area contributed by atoms with E-state index in [9.17, 15) is 0 Å². The standard InChI is InChI=1S/C29H31N7O2.ClH/c1-35-14-13-31-29(35)28-33-27(32-21-16-23(17-21)37-2)26-25(20-6-4-3-5-7-20)24(18-36(26)34-28)19-8-10-22(11-9-19)38-15-12-30;/h3-11,13-14,18,21,23H,12,15-17,30H2,1-2H3,(H,32,33,34);1H. The zero-order valence-electron chi connectivity index (χ0n) is 21.9. The van der Waals surface area contributed by atoms with Crippen LogP contribution < -0.4 is 15.8 Å². The lowest BCUT2D eigenvalue weighted by Crippen LogP contribution is -2.40. The second kappa shape index (κ2) is 11.4. The third-order valence-corrected chi connectivity index (χ3v) is 7.04. The number of aromatic nitrogens is 5. The molecule has 0 amide bonds. The predicted octanol–water partition coefficient (Wildman–Crippen LogP) is 4.81. The topological polar surface area (TPSA) is 105 Å². The summed E-state index contributed by atoms with van der Waals surface area (Å²) in [6.07, 6.45) is 7.87. The number of nitrogens with two attached hydrogens (primary N) is 1. The summed E-state index contributed by atoms with van der Waals surface area (Å²) in [6.45, 7) is 0.958. The molecule has 1 fully saturated rings. The van der Waals surface area contributed by atoms with Crippen LogP contribution in [-0.4, -0.2) is 56.6 Å². The Morgan fingerprint density at radius 1 is 1.05 bits per heavy atom. The van der Waals surface area contributed by atoms with E-state index < -0.39 is 0 Å². The molecule has 2 aromatic carbocycles. The summed E-state index contributed by atoms with van der Waals surface area (Å²) in [5.74, 6) is 2.84. The van der Waals surface area contributed by atoms with Gasteiger partial charge in [-0.15, -0.1) is 17.5 Å². The molecule has 0 saturated heterocycles. The quantitative estimate of drug-likeness (QED) is 0.274. The lowest BCUT2D eigenvalue weighted by atomic mass is 9.89. The zero-order chi connectivity index (χ0) is 26.1. The van der Waals surface area contributed by atoms with Crippen LogP contribution in [0.1, 0.15) is 12.8 Å². The minimum absolute atomic E-state index is 0. The number of fused-ring (bicyclic) bond motifs is 1. The molecule has 9 nitrogen and oxygen atoms in total. The van der Waals surface area contributed by atoms with E-state index in [1.165, 1.54) is 0 Å². The number of ether oxygens (including phenoxy) is 2. The largest absolute Gasteiger partial charge is 0.492 e. The van der Waals surface area contributed by atoms with Crippen LogP contribution in [0.3, 0.4) is 0 Å². The highest BCUT2D eigenvalue weighted by Crippen LogP contribution is 2.41. The van der Waals surface area contributed by atoms with E-state index in [2.05, 4.69) is 52.9 Å². The smallest absolute Gasteiger partial charge is 0.218 e. The van der Waals surface area contributed by atoms with E-state index in [1.807, 2.05) is 40.5 Å². The van der Waals surface area contributed by atoms with Crippen LogP contribution in [0.2, 0.25) is 0 Å². The lowest BCUT2D eigenvalue weighted by molar-refractivity contribution is 0.0328. The number of aryl methyl sites for hydroxylation is 1. The first-order valence-electron chi connectivity index (χ1n) is 12.8. The van der Waals surface area contributed by atoms with Gasteiger partial charge in [-0.05, 0) is 36.1 Å². The first-order valence-corrected chi connectivity index (χ1v) is 12.8. The maximum absolute atomic E-state index is 5.71. The average molecular weight is 546 g/mol. The van der Waals surface area contributed by atoms with Crippen molar-refractivity contribution in [2.24, 2.45) is 12.8 Å². The van der Waals surface area contributed by atoms with E-state index in [-0.39, 0.29) is 24.6 Å². The molecule has 0 aliphatic heterocycles. The van der Waals surface area contributed by atoms with Gasteiger partial charge >= 0.3 is 0 Å². The number of hydrogen-bond acceptors (Lipinski definition) is 7. The molecular weight excluding hydrogens is 514 g/mol. The average Bonchev–Trinajstić information content (AvgIpc) is 3.53. The first-order chi connectivity index (χ1) is 18.6. The van der Waals surface area contributed by atoms with Crippen LogP contribution >= 0.6 is 12.4 Å². The lowest BCUT2D eigenvalue weighted by Gasteiger charge is -2.35. The van der Waals surface area contributed by atoms with E-state index >= 15 is 0 Å². The molecule has 5 aromatic rings. The second-order valence-corrected chi connectivity index (χ2v) is 9.55. The number of methoxy groups -OCH3 is 1. The highest BCUT2D eigenvalue weighted by atomic mass is 35.5. The molecule has 0 spiro atoms. The maximum atomic E-state index is 5.71. The van der Waals surface area contributed by atoms with Crippen LogP contribution in [-0.2, 0) is 11.8 Å². The van der Waals surface area contributed by atoms with Crippen molar-refractivity contribution in [3.8, 4) is 39.7 Å². The minimum Gasteiger partial charge on any atom is -0.492 e. The number of nitrogens with zero attached hydrogens (tertiary/aromatic N) is 5. The van der Waals surface area contributed by atoms with Crippen molar-refractivity contribution >= 4 is 23.7 Å². The van der Waals surface area contributed by atoms with Gasteiger partial charge in [0.1, 0.15) is 17.9 Å². The number of halogens is 1. The van der Waals surface area contributed by atoms with Gasteiger partial charge in [-0.2, -0.15) is 0 Å². The number of rotatable bonds is 9. The molecule has 10 heteroatoms. The van der Waals surface area contributed by atoms with E-state index in [4.69, 9.17) is 25.3 Å². The molecule has 1 aliphatic rings. The fraction of sp³-hybridized carbons (Fsp3) is 0.276. The Hall–Kier alpha value is -3.92. The number of hydrogen-bond donors (Lipinski definition) is 2. The highest BCUT2D eigenvalue weighted by molar-refractivity contribution is 5.99. The summed E-state index contributed by atoms with van der Waals surface area (Å²) in [6, 6.07) is 18.8. The Kier molecular flexibility index (Phi) is 7.83. The molecule has 0 radical (unpaired) electrons. The van der Waals surface area contributed by atoms with Gasteiger partial charge in [0.15, 0.2) is 11.6 Å². The van der Waals surface area contributed by atoms with Gasteiger partial charge in [0.2, 0.25) is 5.82 Å². The van der Waals surface area contributed by atoms with Crippen molar-refractivity contribution < 1.29 is 9.47 Å². The molecule has 3 aromatic heterocycles. The van der Waals surface area contributed by atoms with E-state index in [0.29, 0.717) is 24.8 Å². The molecule has 0 unspecified atom stereocenters. The molecule has 1 saturated carbocycles. The number of nitrogens with one attached hydrogen (secondary N) is 1. The van der Waals surface area contributed by atoms with Crippen molar-refractivity contribution in [2.75, 3.05) is 25.6 Å². The SMILES string of the molecule is COC1CC(Nc2nc(-c3nccn3C)nn3cc(-c4ccc(OCCN)cc4)c(-c4ccccc4)c23)C1.Cl. The normalized spacial score (nSPS) is 16.5. The molecule has 3 heterocycles. The third-order valence-electron chi connectivity index (χ3n) is 7.04. The Morgan fingerprint density at radius 3 is 2.49 bits per heavy atom. The number of anilines is 1. The summed E-state index contributed by atoms with van der Waals surface area (Å²) in [7, 11) is 3.71. The zero-order valence-corrected chi connectivity index (χ0v) is 22.8. The molecular formula is C29H32ClN7O2. The van der Waals surface area contributed by atoms with Gasteiger partial charge in [0.25, 0.3) is 0 Å². The van der Waals surface area contributed by atoms with Gasteiger partial charge in [-0.1, -0.05) is 42.5 Å². The number of imidazole rings is 1. The Balaban J connectivity index is 0.00000308. The van der Waals surface area contributed by atoms with Crippen LogP contribution in [0.15, 0.2) is 73.2 Å².